The number of carboxylic acids is 1. The maximum Gasteiger partial charge on any atom is 0.417 e. The molecule has 1 rings (SSSR count). The molecule has 9 heteroatoms. The second-order valence-electron chi connectivity index (χ2n) is 4.29. The summed E-state index contributed by atoms with van der Waals surface area (Å²) in [5.74, 6) is -2.72. The standard InChI is InChI=1S/C12H12F3NO5/c13-12(14,15)7-3-5(1-2-6(7)11(20)21)10(19)8(17)4-9(16)18/h1-3,8,10,17,19H,4H2,(H2,16,18)(H,20,21). The molecule has 0 spiro atoms. The lowest BCUT2D eigenvalue weighted by Gasteiger charge is -2.19. The molecule has 0 aromatic heterocycles. The van der Waals surface area contributed by atoms with Crippen molar-refractivity contribution in [3.05, 3.63) is 34.9 Å². The van der Waals surface area contributed by atoms with Crippen LogP contribution in [0.25, 0.3) is 0 Å². The van der Waals surface area contributed by atoms with Gasteiger partial charge in [-0.25, -0.2) is 4.79 Å². The summed E-state index contributed by atoms with van der Waals surface area (Å²) in [6, 6.07) is 2.01. The Hall–Kier alpha value is -2.13. The minimum atomic E-state index is -4.95. The van der Waals surface area contributed by atoms with Crippen molar-refractivity contribution >= 4 is 11.9 Å². The number of hydrogen-bond acceptors (Lipinski definition) is 4. The molecule has 0 bridgehead atoms. The van der Waals surface area contributed by atoms with E-state index in [9.17, 15) is 33.0 Å². The van der Waals surface area contributed by atoms with E-state index in [1.165, 1.54) is 0 Å². The molecule has 0 aliphatic rings. The summed E-state index contributed by atoms with van der Waals surface area (Å²) in [7, 11) is 0. The third-order valence-electron chi connectivity index (χ3n) is 2.70. The highest BCUT2D eigenvalue weighted by Gasteiger charge is 2.36. The third-order valence-corrected chi connectivity index (χ3v) is 2.70. The molecule has 6 nitrogen and oxygen atoms in total. The van der Waals surface area contributed by atoms with E-state index in [4.69, 9.17) is 10.8 Å². The molecule has 116 valence electrons. The normalized spacial score (nSPS) is 14.5. The topological polar surface area (TPSA) is 121 Å². The summed E-state index contributed by atoms with van der Waals surface area (Å²) in [6.07, 6.45) is -9.10. The molecule has 0 aliphatic carbocycles. The van der Waals surface area contributed by atoms with Crippen molar-refractivity contribution in [3.8, 4) is 0 Å². The van der Waals surface area contributed by atoms with Gasteiger partial charge in [0.1, 0.15) is 6.10 Å². The number of nitrogens with two attached hydrogens (primary N) is 1. The Morgan fingerprint density at radius 3 is 2.24 bits per heavy atom. The molecule has 1 aromatic carbocycles. The number of amides is 1. The molecule has 5 N–H and O–H groups in total. The summed E-state index contributed by atoms with van der Waals surface area (Å²) in [6.45, 7) is 0. The molecular weight excluding hydrogens is 295 g/mol. The molecule has 0 fully saturated rings. The largest absolute Gasteiger partial charge is 0.478 e. The van der Waals surface area contributed by atoms with Crippen LogP contribution in [-0.2, 0) is 11.0 Å². The highest BCUT2D eigenvalue weighted by molar-refractivity contribution is 5.89. The number of primary amides is 1. The van der Waals surface area contributed by atoms with Gasteiger partial charge in [0.25, 0.3) is 0 Å². The van der Waals surface area contributed by atoms with Crippen molar-refractivity contribution in [2.45, 2.75) is 24.8 Å². The molecule has 2 unspecified atom stereocenters. The number of aromatic carboxylic acids is 1. The Bertz CT molecular complexity index is 558. The van der Waals surface area contributed by atoms with Gasteiger partial charge in [0, 0.05) is 0 Å². The van der Waals surface area contributed by atoms with Crippen LogP contribution in [0.1, 0.15) is 34.0 Å². The van der Waals surface area contributed by atoms with Crippen molar-refractivity contribution in [2.24, 2.45) is 5.73 Å². The van der Waals surface area contributed by atoms with Gasteiger partial charge in [0.05, 0.1) is 23.7 Å². The summed E-state index contributed by atoms with van der Waals surface area (Å²) < 4.78 is 38.3. The molecule has 1 amide bonds. The highest BCUT2D eigenvalue weighted by atomic mass is 19.4. The number of halogens is 3. The summed E-state index contributed by atoms with van der Waals surface area (Å²) in [5.41, 5.74) is 1.99. The second kappa shape index (κ2) is 6.10. The highest BCUT2D eigenvalue weighted by Crippen LogP contribution is 2.34. The number of carbonyl (C=O) groups is 2. The fraction of sp³-hybridized carbons (Fsp3) is 0.333. The Balaban J connectivity index is 3.22. The van der Waals surface area contributed by atoms with E-state index < -0.39 is 47.8 Å². The molecule has 0 heterocycles. The van der Waals surface area contributed by atoms with Crippen molar-refractivity contribution in [2.75, 3.05) is 0 Å². The lowest BCUT2D eigenvalue weighted by Crippen LogP contribution is -2.26. The average molecular weight is 307 g/mol. The van der Waals surface area contributed by atoms with Crippen LogP contribution < -0.4 is 5.73 Å². The number of aliphatic hydroxyl groups is 2. The molecule has 1 aromatic rings. The first-order valence-electron chi connectivity index (χ1n) is 5.63. The zero-order valence-corrected chi connectivity index (χ0v) is 10.5. The zero-order valence-electron chi connectivity index (χ0n) is 10.5. The second-order valence-corrected chi connectivity index (χ2v) is 4.29. The summed E-state index contributed by atoms with van der Waals surface area (Å²) in [5, 5.41) is 27.9. The van der Waals surface area contributed by atoms with E-state index in [-0.39, 0.29) is 5.56 Å². The Kier molecular flexibility index (Phi) is 4.92. The van der Waals surface area contributed by atoms with Crippen LogP contribution in [-0.4, -0.2) is 33.3 Å². The molecular formula is C12H12F3NO5. The van der Waals surface area contributed by atoms with Crippen molar-refractivity contribution in [1.29, 1.82) is 0 Å². The molecule has 0 saturated carbocycles. The first kappa shape index (κ1) is 16.9. The van der Waals surface area contributed by atoms with E-state index >= 15 is 0 Å². The number of aliphatic hydroxyl groups excluding tert-OH is 2. The average Bonchev–Trinajstić information content (AvgIpc) is 2.35. The van der Waals surface area contributed by atoms with Crippen molar-refractivity contribution < 1.29 is 38.1 Å². The van der Waals surface area contributed by atoms with Gasteiger partial charge in [-0.15, -0.1) is 0 Å². The van der Waals surface area contributed by atoms with Crippen LogP contribution >= 0.6 is 0 Å². The number of alkyl halides is 3. The van der Waals surface area contributed by atoms with Gasteiger partial charge in [-0.05, 0) is 17.7 Å². The minimum absolute atomic E-state index is 0.374. The summed E-state index contributed by atoms with van der Waals surface area (Å²) in [4.78, 5) is 21.4. The van der Waals surface area contributed by atoms with E-state index in [1.54, 1.807) is 0 Å². The molecule has 0 aliphatic heterocycles. The lowest BCUT2D eigenvalue weighted by molar-refractivity contribution is -0.138. The minimum Gasteiger partial charge on any atom is -0.478 e. The van der Waals surface area contributed by atoms with Crippen LogP contribution in [0.5, 0.6) is 0 Å². The maximum absolute atomic E-state index is 12.8. The van der Waals surface area contributed by atoms with Crippen LogP contribution in [0.3, 0.4) is 0 Å². The van der Waals surface area contributed by atoms with Crippen molar-refractivity contribution in [1.82, 2.24) is 0 Å². The molecule has 2 atom stereocenters. The number of carbonyl (C=O) groups excluding carboxylic acids is 1. The summed E-state index contributed by atoms with van der Waals surface area (Å²) >= 11 is 0. The Morgan fingerprint density at radius 2 is 1.81 bits per heavy atom. The monoisotopic (exact) mass is 307 g/mol. The van der Waals surface area contributed by atoms with Gasteiger partial charge in [-0.2, -0.15) is 13.2 Å². The van der Waals surface area contributed by atoms with Gasteiger partial charge >= 0.3 is 12.1 Å². The quantitative estimate of drug-likeness (QED) is 0.637. The number of hydrogen-bond donors (Lipinski definition) is 4. The van der Waals surface area contributed by atoms with Gasteiger partial charge < -0.3 is 21.1 Å². The van der Waals surface area contributed by atoms with E-state index in [2.05, 4.69) is 0 Å². The molecule has 21 heavy (non-hydrogen) atoms. The van der Waals surface area contributed by atoms with E-state index in [0.717, 1.165) is 6.07 Å². The SMILES string of the molecule is NC(=O)CC(O)C(O)c1ccc(C(=O)O)c(C(F)(F)F)c1. The molecule has 0 radical (unpaired) electrons. The fourth-order valence-electron chi connectivity index (χ4n) is 1.71. The van der Waals surface area contributed by atoms with Crippen molar-refractivity contribution in [3.63, 3.8) is 0 Å². The predicted octanol–water partition coefficient (Wildman–Crippen LogP) is 0.673. The van der Waals surface area contributed by atoms with Gasteiger partial charge in [0.2, 0.25) is 5.91 Å². The van der Waals surface area contributed by atoms with Gasteiger partial charge in [-0.3, -0.25) is 4.79 Å². The number of carboxylic acid groups (broad SMARTS) is 1. The first-order chi connectivity index (χ1) is 9.54. The van der Waals surface area contributed by atoms with Crippen LogP contribution in [0.15, 0.2) is 18.2 Å². The Labute approximate surface area is 116 Å². The zero-order chi connectivity index (χ0) is 16.4. The van der Waals surface area contributed by atoms with Crippen LogP contribution in [0.4, 0.5) is 13.2 Å². The number of rotatable bonds is 5. The first-order valence-corrected chi connectivity index (χ1v) is 5.63. The van der Waals surface area contributed by atoms with E-state index in [1.807, 2.05) is 0 Å². The predicted molar refractivity (Wildman–Crippen MR) is 63.2 cm³/mol. The number of benzene rings is 1. The van der Waals surface area contributed by atoms with Crippen LogP contribution in [0, 0.1) is 0 Å². The fourth-order valence-corrected chi connectivity index (χ4v) is 1.71. The van der Waals surface area contributed by atoms with Crippen LogP contribution in [0.2, 0.25) is 0 Å². The molecule has 0 saturated heterocycles. The van der Waals surface area contributed by atoms with Gasteiger partial charge in [-0.1, -0.05) is 6.07 Å². The Morgan fingerprint density at radius 1 is 1.24 bits per heavy atom. The smallest absolute Gasteiger partial charge is 0.417 e. The maximum atomic E-state index is 12.8. The van der Waals surface area contributed by atoms with E-state index in [0.29, 0.717) is 12.1 Å². The van der Waals surface area contributed by atoms with Gasteiger partial charge in [0.15, 0.2) is 0 Å². The third kappa shape index (κ3) is 4.17. The lowest BCUT2D eigenvalue weighted by atomic mass is 9.96.